The van der Waals surface area contributed by atoms with E-state index in [-0.39, 0.29) is 0 Å². The SMILES string of the molecule is CCOc1cc(/C=N\O)cc(I)c1OCc1cccc(Br)c1. The Morgan fingerprint density at radius 1 is 1.27 bits per heavy atom. The topological polar surface area (TPSA) is 51.0 Å². The molecule has 2 aromatic rings. The lowest BCUT2D eigenvalue weighted by Gasteiger charge is -2.14. The zero-order valence-electron chi connectivity index (χ0n) is 11.9. The molecule has 4 nitrogen and oxygen atoms in total. The van der Waals surface area contributed by atoms with Gasteiger partial charge in [0.05, 0.1) is 16.4 Å². The lowest BCUT2D eigenvalue weighted by atomic mass is 10.2. The molecule has 0 aromatic heterocycles. The number of hydrogen-bond acceptors (Lipinski definition) is 4. The van der Waals surface area contributed by atoms with Crippen molar-refractivity contribution in [1.29, 1.82) is 0 Å². The van der Waals surface area contributed by atoms with Crippen LogP contribution in [0.5, 0.6) is 11.5 Å². The van der Waals surface area contributed by atoms with Crippen molar-refractivity contribution < 1.29 is 14.7 Å². The first-order valence-electron chi connectivity index (χ1n) is 6.65. The normalized spacial score (nSPS) is 10.9. The highest BCUT2D eigenvalue weighted by atomic mass is 127. The van der Waals surface area contributed by atoms with Crippen LogP contribution in [0.25, 0.3) is 0 Å². The van der Waals surface area contributed by atoms with Crippen molar-refractivity contribution in [2.45, 2.75) is 13.5 Å². The summed E-state index contributed by atoms with van der Waals surface area (Å²) < 4.78 is 13.5. The van der Waals surface area contributed by atoms with E-state index < -0.39 is 0 Å². The second kappa shape index (κ2) is 8.38. The standard InChI is InChI=1S/C16H15BrINO3/c1-2-21-15-8-12(9-19-20)7-14(18)16(15)22-10-11-4-3-5-13(17)6-11/h3-9,20H,2,10H2,1H3/b19-9-. The van der Waals surface area contributed by atoms with Crippen molar-refractivity contribution >= 4 is 44.7 Å². The number of rotatable bonds is 6. The van der Waals surface area contributed by atoms with Gasteiger partial charge in [0.2, 0.25) is 0 Å². The Labute approximate surface area is 151 Å². The Kier molecular flexibility index (Phi) is 6.50. The maximum atomic E-state index is 8.67. The van der Waals surface area contributed by atoms with Gasteiger partial charge in [-0.05, 0) is 59.3 Å². The minimum Gasteiger partial charge on any atom is -0.490 e. The summed E-state index contributed by atoms with van der Waals surface area (Å²) in [5, 5.41) is 11.7. The number of nitrogens with zero attached hydrogens (tertiary/aromatic N) is 1. The van der Waals surface area contributed by atoms with Crippen LogP contribution in [0.4, 0.5) is 0 Å². The van der Waals surface area contributed by atoms with Gasteiger partial charge >= 0.3 is 0 Å². The predicted molar refractivity (Wildman–Crippen MR) is 98.2 cm³/mol. The summed E-state index contributed by atoms with van der Waals surface area (Å²) in [6.07, 6.45) is 1.36. The first-order chi connectivity index (χ1) is 10.6. The lowest BCUT2D eigenvalue weighted by Crippen LogP contribution is -2.02. The smallest absolute Gasteiger partial charge is 0.175 e. The van der Waals surface area contributed by atoms with Crippen molar-refractivity contribution in [3.63, 3.8) is 0 Å². The third-order valence-electron chi connectivity index (χ3n) is 2.81. The summed E-state index contributed by atoms with van der Waals surface area (Å²) in [6.45, 7) is 2.89. The summed E-state index contributed by atoms with van der Waals surface area (Å²) >= 11 is 5.63. The van der Waals surface area contributed by atoms with Crippen molar-refractivity contribution in [2.75, 3.05) is 6.61 Å². The maximum Gasteiger partial charge on any atom is 0.175 e. The molecule has 0 unspecified atom stereocenters. The number of benzene rings is 2. The van der Waals surface area contributed by atoms with E-state index >= 15 is 0 Å². The third-order valence-corrected chi connectivity index (χ3v) is 4.11. The fourth-order valence-electron chi connectivity index (χ4n) is 1.91. The number of halogens is 2. The first kappa shape index (κ1) is 17.1. The van der Waals surface area contributed by atoms with Crippen molar-refractivity contribution in [1.82, 2.24) is 0 Å². The number of hydrogen-bond donors (Lipinski definition) is 1. The van der Waals surface area contributed by atoms with Crippen LogP contribution >= 0.6 is 38.5 Å². The summed E-state index contributed by atoms with van der Waals surface area (Å²) in [6, 6.07) is 11.6. The highest BCUT2D eigenvalue weighted by molar-refractivity contribution is 14.1. The van der Waals surface area contributed by atoms with Gasteiger partial charge in [-0.1, -0.05) is 33.2 Å². The minimum absolute atomic E-state index is 0.447. The molecule has 6 heteroatoms. The fraction of sp³-hybridized carbons (Fsp3) is 0.188. The molecule has 0 radical (unpaired) electrons. The Morgan fingerprint density at radius 2 is 2.09 bits per heavy atom. The molecule has 2 rings (SSSR count). The molecule has 0 aliphatic rings. The van der Waals surface area contributed by atoms with Gasteiger partial charge in [-0.3, -0.25) is 0 Å². The molecule has 0 atom stereocenters. The zero-order chi connectivity index (χ0) is 15.9. The molecule has 0 aliphatic heterocycles. The molecule has 0 aliphatic carbocycles. The molecule has 0 amide bonds. The number of oxime groups is 1. The van der Waals surface area contributed by atoms with Crippen LogP contribution in [0, 0.1) is 3.57 Å². The molecule has 0 bridgehead atoms. The molecule has 0 saturated heterocycles. The molecular formula is C16H15BrINO3. The van der Waals surface area contributed by atoms with Gasteiger partial charge in [-0.25, -0.2) is 0 Å². The van der Waals surface area contributed by atoms with E-state index in [1.807, 2.05) is 37.3 Å². The summed E-state index contributed by atoms with van der Waals surface area (Å²) in [4.78, 5) is 0. The van der Waals surface area contributed by atoms with Crippen LogP contribution in [0.15, 0.2) is 46.0 Å². The molecule has 116 valence electrons. The van der Waals surface area contributed by atoms with Gasteiger partial charge < -0.3 is 14.7 Å². The quantitative estimate of drug-likeness (QED) is 0.281. The molecule has 0 saturated carbocycles. The second-order valence-electron chi connectivity index (χ2n) is 4.43. The highest BCUT2D eigenvalue weighted by Crippen LogP contribution is 2.34. The van der Waals surface area contributed by atoms with E-state index in [9.17, 15) is 0 Å². The average Bonchev–Trinajstić information content (AvgIpc) is 2.47. The van der Waals surface area contributed by atoms with Gasteiger partial charge in [-0.2, -0.15) is 0 Å². The second-order valence-corrected chi connectivity index (χ2v) is 6.50. The molecular weight excluding hydrogens is 461 g/mol. The van der Waals surface area contributed by atoms with Crippen molar-refractivity contribution in [3.8, 4) is 11.5 Å². The lowest BCUT2D eigenvalue weighted by molar-refractivity contribution is 0.267. The van der Waals surface area contributed by atoms with Crippen molar-refractivity contribution in [2.24, 2.45) is 5.16 Å². The van der Waals surface area contributed by atoms with Crippen LogP contribution in [0.1, 0.15) is 18.1 Å². The van der Waals surface area contributed by atoms with Gasteiger partial charge in [0.25, 0.3) is 0 Å². The highest BCUT2D eigenvalue weighted by Gasteiger charge is 2.12. The Morgan fingerprint density at radius 3 is 2.77 bits per heavy atom. The summed E-state index contributed by atoms with van der Waals surface area (Å²) in [7, 11) is 0. The van der Waals surface area contributed by atoms with E-state index in [0.717, 1.165) is 19.2 Å². The largest absolute Gasteiger partial charge is 0.490 e. The minimum atomic E-state index is 0.447. The molecule has 0 spiro atoms. The third kappa shape index (κ3) is 4.61. The molecule has 0 heterocycles. The first-order valence-corrected chi connectivity index (χ1v) is 8.52. The van der Waals surface area contributed by atoms with E-state index in [1.54, 1.807) is 6.07 Å². The van der Waals surface area contributed by atoms with Gasteiger partial charge in [0.15, 0.2) is 11.5 Å². The van der Waals surface area contributed by atoms with Crippen molar-refractivity contribution in [3.05, 3.63) is 55.6 Å². The predicted octanol–water partition coefficient (Wildman–Crippen LogP) is 4.84. The van der Waals surface area contributed by atoms with Gasteiger partial charge in [0.1, 0.15) is 6.61 Å². The van der Waals surface area contributed by atoms with Crippen LogP contribution in [-0.4, -0.2) is 18.0 Å². The van der Waals surface area contributed by atoms with Crippen LogP contribution < -0.4 is 9.47 Å². The van der Waals surface area contributed by atoms with E-state index in [4.69, 9.17) is 14.7 Å². The maximum absolute atomic E-state index is 8.67. The number of ether oxygens (including phenoxy) is 2. The molecule has 0 fully saturated rings. The van der Waals surface area contributed by atoms with Crippen LogP contribution in [0.3, 0.4) is 0 Å². The average molecular weight is 476 g/mol. The van der Waals surface area contributed by atoms with E-state index in [0.29, 0.717) is 24.7 Å². The van der Waals surface area contributed by atoms with E-state index in [2.05, 4.69) is 43.7 Å². The monoisotopic (exact) mass is 475 g/mol. The van der Waals surface area contributed by atoms with Gasteiger partial charge in [-0.15, -0.1) is 0 Å². The molecule has 1 N–H and O–H groups in total. The van der Waals surface area contributed by atoms with Gasteiger partial charge in [0, 0.05) is 10.0 Å². The van der Waals surface area contributed by atoms with Crippen LogP contribution in [0.2, 0.25) is 0 Å². The zero-order valence-corrected chi connectivity index (χ0v) is 15.7. The van der Waals surface area contributed by atoms with Crippen LogP contribution in [-0.2, 0) is 6.61 Å². The summed E-state index contributed by atoms with van der Waals surface area (Å²) in [5.41, 5.74) is 1.82. The molecule has 2 aromatic carbocycles. The Bertz CT molecular complexity index is 676. The fourth-order valence-corrected chi connectivity index (χ4v) is 3.14. The van der Waals surface area contributed by atoms with E-state index in [1.165, 1.54) is 6.21 Å². The Balaban J connectivity index is 2.25. The summed E-state index contributed by atoms with van der Waals surface area (Å²) in [5.74, 6) is 1.33. The Hall–Kier alpha value is -1.28. The molecule has 22 heavy (non-hydrogen) atoms.